The van der Waals surface area contributed by atoms with Crippen molar-refractivity contribution in [3.63, 3.8) is 0 Å². The van der Waals surface area contributed by atoms with Crippen LogP contribution in [-0.2, 0) is 6.42 Å². The van der Waals surface area contributed by atoms with Crippen LogP contribution >= 0.6 is 11.6 Å². The van der Waals surface area contributed by atoms with Crippen LogP contribution in [0, 0.1) is 0 Å². The number of nitrogens with zero attached hydrogens (tertiary/aromatic N) is 2. The normalized spacial score (nSPS) is 22.0. The number of fused-ring (bicyclic) bond motifs is 1. The van der Waals surface area contributed by atoms with Gasteiger partial charge in [0.2, 0.25) is 0 Å². The molecule has 0 unspecified atom stereocenters. The van der Waals surface area contributed by atoms with Crippen molar-refractivity contribution >= 4 is 11.6 Å². The molecule has 0 amide bonds. The number of rotatable bonds is 0. The van der Waals surface area contributed by atoms with Gasteiger partial charge in [-0.15, -0.1) is 0 Å². The average molecular weight is 183 g/mol. The van der Waals surface area contributed by atoms with Gasteiger partial charge < -0.3 is 0 Å². The van der Waals surface area contributed by atoms with Crippen LogP contribution in [-0.4, -0.2) is 9.97 Å². The molecule has 1 atom stereocenters. The van der Waals surface area contributed by atoms with E-state index in [1.807, 2.05) is 0 Å². The summed E-state index contributed by atoms with van der Waals surface area (Å²) in [4.78, 5) is 8.23. The van der Waals surface area contributed by atoms with E-state index in [1.54, 1.807) is 6.33 Å². The fraction of sp³-hybridized carbons (Fsp3) is 0.556. The Morgan fingerprint density at radius 1 is 1.50 bits per heavy atom. The Bertz CT molecular complexity index is 299. The molecule has 0 radical (unpaired) electrons. The van der Waals surface area contributed by atoms with E-state index in [9.17, 15) is 0 Å². The highest BCUT2D eigenvalue weighted by atomic mass is 35.5. The summed E-state index contributed by atoms with van der Waals surface area (Å²) in [5, 5.41) is 0.646. The lowest BCUT2D eigenvalue weighted by Crippen LogP contribution is -2.10. The SMILES string of the molecule is C[C@@H]1CCCc2ncnc(Cl)c21. The van der Waals surface area contributed by atoms with Crippen LogP contribution in [0.4, 0.5) is 0 Å². The Kier molecular flexibility index (Phi) is 2.01. The summed E-state index contributed by atoms with van der Waals surface area (Å²) in [6.07, 6.45) is 5.04. The molecule has 3 heteroatoms. The molecule has 0 bridgehead atoms. The van der Waals surface area contributed by atoms with E-state index in [4.69, 9.17) is 11.6 Å². The van der Waals surface area contributed by atoms with Crippen molar-refractivity contribution in [2.75, 3.05) is 0 Å². The molecule has 1 aliphatic rings. The van der Waals surface area contributed by atoms with Gasteiger partial charge in [-0.3, -0.25) is 0 Å². The molecule has 0 saturated heterocycles. The second-order valence-electron chi connectivity index (χ2n) is 3.32. The van der Waals surface area contributed by atoms with Crippen LogP contribution in [0.15, 0.2) is 6.33 Å². The van der Waals surface area contributed by atoms with Crippen molar-refractivity contribution in [1.82, 2.24) is 9.97 Å². The first-order valence-corrected chi connectivity index (χ1v) is 4.66. The van der Waals surface area contributed by atoms with Crippen molar-refractivity contribution in [3.05, 3.63) is 22.7 Å². The van der Waals surface area contributed by atoms with Gasteiger partial charge >= 0.3 is 0 Å². The minimum Gasteiger partial charge on any atom is -0.241 e. The highest BCUT2D eigenvalue weighted by molar-refractivity contribution is 6.30. The highest BCUT2D eigenvalue weighted by Gasteiger charge is 2.20. The van der Waals surface area contributed by atoms with Crippen molar-refractivity contribution in [3.8, 4) is 0 Å². The molecule has 0 aliphatic heterocycles. The van der Waals surface area contributed by atoms with Crippen molar-refractivity contribution in [1.29, 1.82) is 0 Å². The molecule has 2 rings (SSSR count). The predicted octanol–water partition coefficient (Wildman–Crippen LogP) is 2.57. The van der Waals surface area contributed by atoms with E-state index in [2.05, 4.69) is 16.9 Å². The number of aryl methyl sites for hydroxylation is 1. The van der Waals surface area contributed by atoms with Crippen molar-refractivity contribution < 1.29 is 0 Å². The molecule has 1 aliphatic carbocycles. The fourth-order valence-electron chi connectivity index (χ4n) is 1.81. The summed E-state index contributed by atoms with van der Waals surface area (Å²) in [6.45, 7) is 2.19. The molecular formula is C9H11ClN2. The monoisotopic (exact) mass is 182 g/mol. The molecule has 0 aromatic carbocycles. The second kappa shape index (κ2) is 3.02. The molecule has 0 N–H and O–H groups in total. The minimum absolute atomic E-state index is 0.530. The quantitative estimate of drug-likeness (QED) is 0.577. The maximum absolute atomic E-state index is 5.99. The number of hydrogen-bond acceptors (Lipinski definition) is 2. The molecule has 1 aromatic heterocycles. The molecule has 12 heavy (non-hydrogen) atoms. The third kappa shape index (κ3) is 1.20. The predicted molar refractivity (Wildman–Crippen MR) is 48.4 cm³/mol. The van der Waals surface area contributed by atoms with E-state index in [-0.39, 0.29) is 0 Å². The smallest absolute Gasteiger partial charge is 0.136 e. The van der Waals surface area contributed by atoms with Gasteiger partial charge in [-0.1, -0.05) is 18.5 Å². The second-order valence-corrected chi connectivity index (χ2v) is 3.68. The minimum atomic E-state index is 0.530. The van der Waals surface area contributed by atoms with E-state index >= 15 is 0 Å². The Labute approximate surface area is 77.0 Å². The molecule has 0 spiro atoms. The summed E-state index contributed by atoms with van der Waals surface area (Å²) in [7, 11) is 0. The number of hydrogen-bond donors (Lipinski definition) is 0. The first kappa shape index (κ1) is 7.99. The van der Waals surface area contributed by atoms with Crippen LogP contribution in [0.25, 0.3) is 0 Å². The van der Waals surface area contributed by atoms with E-state index in [0.717, 1.165) is 12.1 Å². The zero-order valence-electron chi connectivity index (χ0n) is 7.05. The molecule has 2 nitrogen and oxygen atoms in total. The van der Waals surface area contributed by atoms with Gasteiger partial charge in [-0.25, -0.2) is 9.97 Å². The Balaban J connectivity index is 2.53. The maximum Gasteiger partial charge on any atom is 0.136 e. The van der Waals surface area contributed by atoms with Gasteiger partial charge in [0.1, 0.15) is 11.5 Å². The lowest BCUT2D eigenvalue weighted by atomic mass is 9.88. The Hall–Kier alpha value is -0.630. The van der Waals surface area contributed by atoms with Crippen LogP contribution in [0.1, 0.15) is 36.9 Å². The van der Waals surface area contributed by atoms with Crippen LogP contribution in [0.2, 0.25) is 5.15 Å². The first-order valence-electron chi connectivity index (χ1n) is 4.28. The first-order chi connectivity index (χ1) is 5.79. The molecular weight excluding hydrogens is 172 g/mol. The zero-order chi connectivity index (χ0) is 8.55. The van der Waals surface area contributed by atoms with E-state index in [1.165, 1.54) is 18.4 Å². The molecule has 1 aromatic rings. The fourth-order valence-corrected chi connectivity index (χ4v) is 2.15. The van der Waals surface area contributed by atoms with Gasteiger partial charge in [0, 0.05) is 11.3 Å². The Morgan fingerprint density at radius 2 is 2.33 bits per heavy atom. The third-order valence-corrected chi connectivity index (χ3v) is 2.76. The van der Waals surface area contributed by atoms with Gasteiger partial charge in [-0.05, 0) is 25.2 Å². The van der Waals surface area contributed by atoms with Gasteiger partial charge in [-0.2, -0.15) is 0 Å². The third-order valence-electron chi connectivity index (χ3n) is 2.46. The summed E-state index contributed by atoms with van der Waals surface area (Å²) >= 11 is 5.99. The lowest BCUT2D eigenvalue weighted by Gasteiger charge is -2.21. The van der Waals surface area contributed by atoms with Gasteiger partial charge in [0.15, 0.2) is 0 Å². The summed E-state index contributed by atoms with van der Waals surface area (Å²) in [5.74, 6) is 0.530. The van der Waals surface area contributed by atoms with Crippen molar-refractivity contribution in [2.24, 2.45) is 0 Å². The van der Waals surface area contributed by atoms with Crippen LogP contribution < -0.4 is 0 Å². The summed E-state index contributed by atoms with van der Waals surface area (Å²) in [5.41, 5.74) is 2.32. The van der Waals surface area contributed by atoms with E-state index < -0.39 is 0 Å². The average Bonchev–Trinajstić information content (AvgIpc) is 2.04. The van der Waals surface area contributed by atoms with Crippen LogP contribution in [0.5, 0.6) is 0 Å². The molecule has 0 fully saturated rings. The largest absolute Gasteiger partial charge is 0.241 e. The van der Waals surface area contributed by atoms with Gasteiger partial charge in [0.25, 0.3) is 0 Å². The van der Waals surface area contributed by atoms with Gasteiger partial charge in [0.05, 0.1) is 0 Å². The topological polar surface area (TPSA) is 25.8 Å². The summed E-state index contributed by atoms with van der Waals surface area (Å²) < 4.78 is 0. The molecule has 64 valence electrons. The number of aromatic nitrogens is 2. The summed E-state index contributed by atoms with van der Waals surface area (Å²) in [6, 6.07) is 0. The zero-order valence-corrected chi connectivity index (χ0v) is 7.80. The highest BCUT2D eigenvalue weighted by Crippen LogP contribution is 2.33. The van der Waals surface area contributed by atoms with Crippen LogP contribution in [0.3, 0.4) is 0 Å². The number of halogens is 1. The maximum atomic E-state index is 5.99. The molecule has 0 saturated carbocycles. The standard InChI is InChI=1S/C9H11ClN2/c1-6-3-2-4-7-8(6)9(10)12-5-11-7/h5-6H,2-4H2,1H3/t6-/m1/s1. The lowest BCUT2D eigenvalue weighted by molar-refractivity contribution is 0.575. The Morgan fingerprint density at radius 3 is 3.08 bits per heavy atom. The molecule has 1 heterocycles. The van der Waals surface area contributed by atoms with Crippen molar-refractivity contribution in [2.45, 2.75) is 32.1 Å². The van der Waals surface area contributed by atoms with E-state index in [0.29, 0.717) is 11.1 Å².